The first-order valence-electron chi connectivity index (χ1n) is 11.4. The summed E-state index contributed by atoms with van der Waals surface area (Å²) < 4.78 is 5.91. The third-order valence-corrected chi connectivity index (χ3v) is 7.91. The number of nitrogens with zero attached hydrogens (tertiary/aromatic N) is 1. The second-order valence-corrected chi connectivity index (χ2v) is 10.6. The molecule has 0 radical (unpaired) electrons. The topological polar surface area (TPSA) is 41.6 Å². The molecule has 5 heteroatoms. The van der Waals surface area contributed by atoms with E-state index >= 15 is 0 Å². The Morgan fingerprint density at radius 3 is 2.52 bits per heavy atom. The number of fused-ring (bicyclic) bond motifs is 4. The fourth-order valence-electron chi connectivity index (χ4n) is 5.61. The van der Waals surface area contributed by atoms with Gasteiger partial charge in [-0.25, -0.2) is 4.79 Å². The van der Waals surface area contributed by atoms with Gasteiger partial charge in [0, 0.05) is 11.6 Å². The lowest BCUT2D eigenvalue weighted by atomic mass is 9.85. The van der Waals surface area contributed by atoms with Crippen molar-refractivity contribution < 1.29 is 9.53 Å². The van der Waals surface area contributed by atoms with E-state index in [2.05, 4.69) is 54.4 Å². The smallest absolute Gasteiger partial charge is 0.407 e. The highest BCUT2D eigenvalue weighted by Gasteiger charge is 2.42. The zero-order valence-corrected chi connectivity index (χ0v) is 19.3. The average Bonchev–Trinajstić information content (AvgIpc) is 2.99. The minimum Gasteiger partial charge on any atom is -0.445 e. The number of benzene rings is 2. The van der Waals surface area contributed by atoms with Gasteiger partial charge in [-0.15, -0.1) is 0 Å². The summed E-state index contributed by atoms with van der Waals surface area (Å²) in [5.74, 6) is 0.517. The molecule has 2 aromatic carbocycles. The lowest BCUT2D eigenvalue weighted by Crippen LogP contribution is -2.53. The van der Waals surface area contributed by atoms with E-state index in [-0.39, 0.29) is 23.7 Å². The number of rotatable bonds is 3. The number of amides is 1. The van der Waals surface area contributed by atoms with Crippen molar-refractivity contribution in [3.8, 4) is 11.1 Å². The van der Waals surface area contributed by atoms with Crippen molar-refractivity contribution >= 4 is 17.7 Å². The standard InChI is InChI=1S/C26H31ClN2O2/c1-16-4-5-19(13-22(16)27)18-6-7-21-20(12-18)14-26(2,3)24(21)28-25(30)31-23-15-29-10-8-17(23)9-11-29/h4-7,12-13,17,23-24H,8-11,14-15H2,1-3H3,(H,28,30)/t23-,24+/m1/s1. The highest BCUT2D eigenvalue weighted by atomic mass is 35.5. The van der Waals surface area contributed by atoms with Crippen LogP contribution in [0.1, 0.15) is 49.4 Å². The van der Waals surface area contributed by atoms with Crippen molar-refractivity contribution in [1.82, 2.24) is 10.2 Å². The Bertz CT molecular complexity index is 1010. The van der Waals surface area contributed by atoms with Crippen molar-refractivity contribution in [2.24, 2.45) is 11.3 Å². The highest BCUT2D eigenvalue weighted by molar-refractivity contribution is 6.31. The van der Waals surface area contributed by atoms with Crippen molar-refractivity contribution in [3.05, 3.63) is 58.1 Å². The molecule has 164 valence electrons. The van der Waals surface area contributed by atoms with Gasteiger partial charge in [0.15, 0.2) is 0 Å². The largest absolute Gasteiger partial charge is 0.445 e. The van der Waals surface area contributed by atoms with Crippen LogP contribution in [0.5, 0.6) is 0 Å². The molecule has 0 saturated carbocycles. The van der Waals surface area contributed by atoms with Crippen molar-refractivity contribution in [2.45, 2.75) is 52.2 Å². The molecule has 6 rings (SSSR count). The third-order valence-electron chi connectivity index (χ3n) is 7.50. The quantitative estimate of drug-likeness (QED) is 0.662. The van der Waals surface area contributed by atoms with Gasteiger partial charge in [0.1, 0.15) is 6.10 Å². The molecule has 4 aliphatic rings. The van der Waals surface area contributed by atoms with Crippen LogP contribution in [-0.4, -0.2) is 36.7 Å². The van der Waals surface area contributed by atoms with Crippen LogP contribution >= 0.6 is 11.6 Å². The molecular weight excluding hydrogens is 408 g/mol. The van der Waals surface area contributed by atoms with Crippen molar-refractivity contribution in [1.29, 1.82) is 0 Å². The Hall–Kier alpha value is -2.04. The lowest BCUT2D eigenvalue weighted by molar-refractivity contribution is -0.0348. The molecule has 2 aromatic rings. The Morgan fingerprint density at radius 2 is 1.84 bits per heavy atom. The summed E-state index contributed by atoms with van der Waals surface area (Å²) >= 11 is 6.35. The predicted octanol–water partition coefficient (Wildman–Crippen LogP) is 5.76. The number of piperidine rings is 3. The van der Waals surface area contributed by atoms with E-state index in [0.29, 0.717) is 5.92 Å². The van der Waals surface area contributed by atoms with Crippen LogP contribution in [-0.2, 0) is 11.2 Å². The van der Waals surface area contributed by atoms with Crippen LogP contribution in [0, 0.1) is 18.3 Å². The van der Waals surface area contributed by atoms with E-state index in [4.69, 9.17) is 16.3 Å². The number of hydrogen-bond donors (Lipinski definition) is 1. The number of hydrogen-bond acceptors (Lipinski definition) is 3. The van der Waals surface area contributed by atoms with Crippen molar-refractivity contribution in [2.75, 3.05) is 19.6 Å². The van der Waals surface area contributed by atoms with Crippen LogP contribution < -0.4 is 5.32 Å². The highest BCUT2D eigenvalue weighted by Crippen LogP contribution is 2.46. The number of carbonyl (C=O) groups excluding carboxylic acids is 1. The number of alkyl carbamates (subject to hydrolysis) is 1. The molecule has 2 bridgehead atoms. The van der Waals surface area contributed by atoms with E-state index in [1.54, 1.807) is 0 Å². The maximum absolute atomic E-state index is 12.8. The number of nitrogens with one attached hydrogen (secondary N) is 1. The summed E-state index contributed by atoms with van der Waals surface area (Å²) in [5.41, 5.74) is 5.77. The molecule has 1 aliphatic carbocycles. The molecule has 3 fully saturated rings. The van der Waals surface area contributed by atoms with Gasteiger partial charge in [0.2, 0.25) is 0 Å². The molecule has 31 heavy (non-hydrogen) atoms. The van der Waals surface area contributed by atoms with E-state index in [1.165, 1.54) is 11.1 Å². The monoisotopic (exact) mass is 438 g/mol. The molecule has 3 aliphatic heterocycles. The van der Waals surface area contributed by atoms with E-state index in [9.17, 15) is 4.79 Å². The summed E-state index contributed by atoms with van der Waals surface area (Å²) in [5, 5.41) is 3.99. The van der Waals surface area contributed by atoms with E-state index in [0.717, 1.165) is 60.6 Å². The van der Waals surface area contributed by atoms with Crippen LogP contribution in [0.3, 0.4) is 0 Å². The molecule has 0 spiro atoms. The van der Waals surface area contributed by atoms with Gasteiger partial charge < -0.3 is 10.1 Å². The van der Waals surface area contributed by atoms with Gasteiger partial charge >= 0.3 is 6.09 Å². The van der Waals surface area contributed by atoms with Gasteiger partial charge in [0.05, 0.1) is 6.04 Å². The Kier molecular flexibility index (Phi) is 5.26. The fourth-order valence-corrected chi connectivity index (χ4v) is 5.79. The molecule has 1 N–H and O–H groups in total. The van der Waals surface area contributed by atoms with E-state index in [1.807, 2.05) is 13.0 Å². The molecular formula is C26H31ClN2O2. The van der Waals surface area contributed by atoms with Crippen LogP contribution in [0.25, 0.3) is 11.1 Å². The molecule has 3 saturated heterocycles. The van der Waals surface area contributed by atoms with Gasteiger partial charge in [-0.05, 0) is 84.5 Å². The maximum atomic E-state index is 12.8. The first-order chi connectivity index (χ1) is 14.8. The van der Waals surface area contributed by atoms with Crippen molar-refractivity contribution in [3.63, 3.8) is 0 Å². The number of ether oxygens (including phenoxy) is 1. The molecule has 4 nitrogen and oxygen atoms in total. The second kappa shape index (κ2) is 7.83. The zero-order valence-electron chi connectivity index (χ0n) is 18.6. The number of carbonyl (C=O) groups is 1. The first-order valence-corrected chi connectivity index (χ1v) is 11.8. The van der Waals surface area contributed by atoms with Gasteiger partial charge in [0.25, 0.3) is 0 Å². The van der Waals surface area contributed by atoms with E-state index < -0.39 is 0 Å². The molecule has 1 amide bonds. The molecule has 3 heterocycles. The van der Waals surface area contributed by atoms with Crippen LogP contribution in [0.4, 0.5) is 4.79 Å². The second-order valence-electron chi connectivity index (χ2n) is 10.2. The predicted molar refractivity (Wildman–Crippen MR) is 124 cm³/mol. The zero-order chi connectivity index (χ0) is 21.8. The minimum absolute atomic E-state index is 0.0279. The third kappa shape index (κ3) is 3.96. The van der Waals surface area contributed by atoms with Crippen LogP contribution in [0.2, 0.25) is 5.02 Å². The Labute approximate surface area is 189 Å². The fraction of sp³-hybridized carbons (Fsp3) is 0.500. The lowest BCUT2D eigenvalue weighted by Gasteiger charge is -2.44. The summed E-state index contributed by atoms with van der Waals surface area (Å²) in [6, 6.07) is 12.7. The molecule has 2 atom stereocenters. The number of halogens is 1. The first kappa shape index (κ1) is 20.8. The van der Waals surface area contributed by atoms with Crippen LogP contribution in [0.15, 0.2) is 36.4 Å². The summed E-state index contributed by atoms with van der Waals surface area (Å²) in [7, 11) is 0. The van der Waals surface area contributed by atoms with Gasteiger partial charge in [-0.2, -0.15) is 0 Å². The average molecular weight is 439 g/mol. The molecule has 0 aromatic heterocycles. The summed E-state index contributed by atoms with van der Waals surface area (Å²) in [6.07, 6.45) is 2.95. The minimum atomic E-state index is -0.279. The summed E-state index contributed by atoms with van der Waals surface area (Å²) in [4.78, 5) is 15.2. The Morgan fingerprint density at radius 1 is 1.13 bits per heavy atom. The maximum Gasteiger partial charge on any atom is 0.407 e. The number of aryl methyl sites for hydroxylation is 1. The van der Waals surface area contributed by atoms with Gasteiger partial charge in [-0.1, -0.05) is 55.8 Å². The Balaban J connectivity index is 1.33. The normalized spacial score (nSPS) is 28.3. The SMILES string of the molecule is Cc1ccc(-c2ccc3c(c2)CC(C)(C)[C@H]3NC(=O)O[C@@H]2CN3CCC2CC3)cc1Cl. The summed E-state index contributed by atoms with van der Waals surface area (Å²) in [6.45, 7) is 9.62. The molecule has 0 unspecified atom stereocenters. The van der Waals surface area contributed by atoms with Gasteiger partial charge in [-0.3, -0.25) is 4.90 Å².